The Bertz CT molecular complexity index is 584. The van der Waals surface area contributed by atoms with E-state index in [4.69, 9.17) is 11.0 Å². The normalized spacial score (nSPS) is 10.1. The molecule has 80 valence electrons. The van der Waals surface area contributed by atoms with Crippen LogP contribution in [0, 0.1) is 11.3 Å². The lowest BCUT2D eigenvalue weighted by molar-refractivity contribution is 0.855. The second-order valence-corrected chi connectivity index (χ2v) is 4.49. The van der Waals surface area contributed by atoms with Crippen molar-refractivity contribution in [1.29, 1.82) is 5.26 Å². The molecule has 5 nitrogen and oxygen atoms in total. The maximum atomic E-state index is 8.75. The van der Waals surface area contributed by atoms with Crippen LogP contribution in [-0.2, 0) is 0 Å². The minimum atomic E-state index is 0.183. The predicted octanol–water partition coefficient (Wildman–Crippen LogP) is 2.25. The van der Waals surface area contributed by atoms with Crippen molar-refractivity contribution in [3.63, 3.8) is 0 Å². The van der Waals surface area contributed by atoms with E-state index in [0.717, 1.165) is 10.2 Å². The molecule has 0 fully saturated rings. The SMILES string of the molecule is N#Cc1ccc(-n2nc(N)nc2Br)c(Br)c1. The summed E-state index contributed by atoms with van der Waals surface area (Å²) in [7, 11) is 0. The Morgan fingerprint density at radius 2 is 2.12 bits per heavy atom. The number of hydrogen-bond acceptors (Lipinski definition) is 4. The third-order valence-electron chi connectivity index (χ3n) is 1.89. The van der Waals surface area contributed by atoms with E-state index in [1.165, 1.54) is 0 Å². The number of nitrogen functional groups attached to an aromatic ring is 1. The van der Waals surface area contributed by atoms with Crippen LogP contribution in [0.4, 0.5) is 5.95 Å². The van der Waals surface area contributed by atoms with Crippen molar-refractivity contribution in [2.75, 3.05) is 5.73 Å². The van der Waals surface area contributed by atoms with Gasteiger partial charge in [-0.1, -0.05) is 0 Å². The average Bonchev–Trinajstić information content (AvgIpc) is 2.57. The van der Waals surface area contributed by atoms with Gasteiger partial charge in [0.2, 0.25) is 10.7 Å². The maximum Gasteiger partial charge on any atom is 0.240 e. The van der Waals surface area contributed by atoms with E-state index in [2.05, 4.69) is 48.0 Å². The standard InChI is InChI=1S/C9H5Br2N5/c10-6-3-5(4-12)1-2-7(6)16-8(11)14-9(13)15-16/h1-3H,(H2,13,15). The first-order chi connectivity index (χ1) is 7.61. The van der Waals surface area contributed by atoms with Crippen LogP contribution in [0.5, 0.6) is 0 Å². The van der Waals surface area contributed by atoms with Gasteiger partial charge in [0.25, 0.3) is 0 Å². The summed E-state index contributed by atoms with van der Waals surface area (Å²) in [4.78, 5) is 3.93. The minimum absolute atomic E-state index is 0.183. The van der Waals surface area contributed by atoms with Crippen molar-refractivity contribution < 1.29 is 0 Å². The molecule has 0 aliphatic carbocycles. The summed E-state index contributed by atoms with van der Waals surface area (Å²) in [5, 5.41) is 12.8. The van der Waals surface area contributed by atoms with Crippen LogP contribution in [0.2, 0.25) is 0 Å². The number of rotatable bonds is 1. The molecule has 2 aromatic rings. The first-order valence-corrected chi connectivity index (χ1v) is 5.78. The number of nitriles is 1. The van der Waals surface area contributed by atoms with Crippen LogP contribution in [0.3, 0.4) is 0 Å². The molecule has 0 saturated carbocycles. The summed E-state index contributed by atoms with van der Waals surface area (Å²) in [5.74, 6) is 0.183. The second-order valence-electron chi connectivity index (χ2n) is 2.93. The zero-order chi connectivity index (χ0) is 11.7. The Labute approximate surface area is 108 Å². The first kappa shape index (κ1) is 11.1. The van der Waals surface area contributed by atoms with Gasteiger partial charge in [-0.25, -0.2) is 4.68 Å². The van der Waals surface area contributed by atoms with Crippen LogP contribution in [0.25, 0.3) is 5.69 Å². The van der Waals surface area contributed by atoms with Crippen LogP contribution < -0.4 is 5.73 Å². The average molecular weight is 343 g/mol. The topological polar surface area (TPSA) is 80.5 Å². The third kappa shape index (κ3) is 1.94. The summed E-state index contributed by atoms with van der Waals surface area (Å²) >= 11 is 6.61. The quantitative estimate of drug-likeness (QED) is 0.861. The molecule has 0 aliphatic rings. The summed E-state index contributed by atoms with van der Waals surface area (Å²) in [5.41, 5.74) is 6.81. The fraction of sp³-hybridized carbons (Fsp3) is 0. The van der Waals surface area contributed by atoms with Gasteiger partial charge < -0.3 is 5.73 Å². The van der Waals surface area contributed by atoms with E-state index >= 15 is 0 Å². The van der Waals surface area contributed by atoms with Gasteiger partial charge in [0, 0.05) is 4.47 Å². The van der Waals surface area contributed by atoms with Gasteiger partial charge in [-0.3, -0.25) is 0 Å². The van der Waals surface area contributed by atoms with E-state index in [0.29, 0.717) is 10.3 Å². The van der Waals surface area contributed by atoms with Gasteiger partial charge >= 0.3 is 0 Å². The molecule has 0 aliphatic heterocycles. The van der Waals surface area contributed by atoms with Gasteiger partial charge in [-0.05, 0) is 50.1 Å². The highest BCUT2D eigenvalue weighted by Gasteiger charge is 2.10. The molecule has 1 aromatic heterocycles. The number of hydrogen-bond donors (Lipinski definition) is 1. The molecule has 0 radical (unpaired) electrons. The number of nitrogens with zero attached hydrogens (tertiary/aromatic N) is 4. The number of halogens is 2. The Kier molecular flexibility index (Phi) is 2.94. The smallest absolute Gasteiger partial charge is 0.240 e. The molecular weight excluding hydrogens is 338 g/mol. The zero-order valence-corrected chi connectivity index (χ0v) is 11.0. The highest BCUT2D eigenvalue weighted by molar-refractivity contribution is 9.10. The minimum Gasteiger partial charge on any atom is -0.366 e. The van der Waals surface area contributed by atoms with Crippen molar-refractivity contribution in [2.45, 2.75) is 0 Å². The van der Waals surface area contributed by atoms with E-state index in [9.17, 15) is 0 Å². The van der Waals surface area contributed by atoms with Crippen molar-refractivity contribution in [2.24, 2.45) is 0 Å². The molecule has 0 amide bonds. The highest BCUT2D eigenvalue weighted by Crippen LogP contribution is 2.24. The lowest BCUT2D eigenvalue weighted by Crippen LogP contribution is -1.99. The van der Waals surface area contributed by atoms with Crippen molar-refractivity contribution in [3.8, 4) is 11.8 Å². The highest BCUT2D eigenvalue weighted by atomic mass is 79.9. The van der Waals surface area contributed by atoms with Crippen LogP contribution in [0.15, 0.2) is 27.4 Å². The van der Waals surface area contributed by atoms with E-state index in [1.54, 1.807) is 22.9 Å². The van der Waals surface area contributed by atoms with Gasteiger partial charge in [0.05, 0.1) is 17.3 Å². The van der Waals surface area contributed by atoms with Gasteiger partial charge in [-0.2, -0.15) is 10.2 Å². The van der Waals surface area contributed by atoms with Crippen LogP contribution >= 0.6 is 31.9 Å². The Balaban J connectivity index is 2.57. The summed E-state index contributed by atoms with van der Waals surface area (Å²) in [6.07, 6.45) is 0. The number of benzene rings is 1. The number of anilines is 1. The summed E-state index contributed by atoms with van der Waals surface area (Å²) in [6, 6.07) is 7.23. The fourth-order valence-electron chi connectivity index (χ4n) is 1.21. The molecule has 1 heterocycles. The van der Waals surface area contributed by atoms with Crippen molar-refractivity contribution in [1.82, 2.24) is 14.8 Å². The molecule has 0 spiro atoms. The van der Waals surface area contributed by atoms with Crippen molar-refractivity contribution in [3.05, 3.63) is 33.0 Å². The Morgan fingerprint density at radius 1 is 1.38 bits per heavy atom. The van der Waals surface area contributed by atoms with E-state index in [1.807, 2.05) is 0 Å². The number of aromatic nitrogens is 3. The van der Waals surface area contributed by atoms with E-state index in [-0.39, 0.29) is 5.95 Å². The summed E-state index contributed by atoms with van der Waals surface area (Å²) in [6.45, 7) is 0. The van der Waals surface area contributed by atoms with Crippen molar-refractivity contribution >= 4 is 37.8 Å². The summed E-state index contributed by atoms with van der Waals surface area (Å²) < 4.78 is 2.80. The fourth-order valence-corrected chi connectivity index (χ4v) is 2.21. The monoisotopic (exact) mass is 341 g/mol. The lowest BCUT2D eigenvalue weighted by atomic mass is 10.2. The van der Waals surface area contributed by atoms with Crippen LogP contribution in [-0.4, -0.2) is 14.8 Å². The molecule has 2 rings (SSSR count). The molecule has 7 heteroatoms. The largest absolute Gasteiger partial charge is 0.366 e. The predicted molar refractivity (Wildman–Crippen MR) is 65.9 cm³/mol. The van der Waals surface area contributed by atoms with Crippen LogP contribution in [0.1, 0.15) is 5.56 Å². The van der Waals surface area contributed by atoms with E-state index < -0.39 is 0 Å². The molecule has 16 heavy (non-hydrogen) atoms. The molecule has 0 atom stereocenters. The molecule has 0 unspecified atom stereocenters. The van der Waals surface area contributed by atoms with Gasteiger partial charge in [0.1, 0.15) is 0 Å². The second kappa shape index (κ2) is 4.23. The molecule has 2 N–H and O–H groups in total. The number of nitrogens with two attached hydrogens (primary N) is 1. The molecular formula is C9H5Br2N5. The zero-order valence-electron chi connectivity index (χ0n) is 7.85. The maximum absolute atomic E-state index is 8.75. The molecule has 1 aromatic carbocycles. The van der Waals surface area contributed by atoms with Gasteiger partial charge in [-0.15, -0.1) is 5.10 Å². The lowest BCUT2D eigenvalue weighted by Gasteiger charge is -2.04. The Morgan fingerprint density at radius 3 is 2.62 bits per heavy atom. The Hall–Kier alpha value is -1.39. The molecule has 0 saturated heterocycles. The first-order valence-electron chi connectivity index (χ1n) is 4.20. The molecule has 0 bridgehead atoms. The third-order valence-corrected chi connectivity index (χ3v) is 3.04. The van der Waals surface area contributed by atoms with Gasteiger partial charge in [0.15, 0.2) is 0 Å².